The molecule has 2 aliphatic rings. The molecule has 2 bridgehead atoms. The molecule has 2 saturated carbocycles. The molecular weight excluding hydrogens is 288 g/mol. The Bertz CT molecular complexity index is 492. The molecule has 3 heteroatoms. The number of halogens is 1. The van der Waals surface area contributed by atoms with Crippen molar-refractivity contribution < 1.29 is 0 Å². The summed E-state index contributed by atoms with van der Waals surface area (Å²) in [5, 5.41) is 12.6. The standard InChI is InChI=1S/C15H17BrN2/c16-14-4-3-12(8-17)15(7-14)18-9-13-6-10-1-2-11(13)5-10/h3-4,7,10-11,13,18H,1-2,5-6,9H2. The third-order valence-electron chi connectivity index (χ3n) is 4.54. The van der Waals surface area contributed by atoms with Gasteiger partial charge >= 0.3 is 0 Å². The van der Waals surface area contributed by atoms with Gasteiger partial charge in [0.15, 0.2) is 0 Å². The Hall–Kier alpha value is -1.01. The van der Waals surface area contributed by atoms with Gasteiger partial charge in [-0.05, 0) is 55.2 Å². The highest BCUT2D eigenvalue weighted by Crippen LogP contribution is 2.48. The van der Waals surface area contributed by atoms with E-state index in [4.69, 9.17) is 5.26 Å². The second-order valence-corrected chi connectivity index (χ2v) is 6.53. The third kappa shape index (κ3) is 2.27. The van der Waals surface area contributed by atoms with Gasteiger partial charge < -0.3 is 5.32 Å². The summed E-state index contributed by atoms with van der Waals surface area (Å²) < 4.78 is 1.02. The van der Waals surface area contributed by atoms with E-state index in [1.165, 1.54) is 25.7 Å². The van der Waals surface area contributed by atoms with Crippen molar-refractivity contribution in [2.75, 3.05) is 11.9 Å². The molecule has 3 atom stereocenters. The summed E-state index contributed by atoms with van der Waals surface area (Å²) in [6, 6.07) is 8.04. The minimum atomic E-state index is 0.737. The van der Waals surface area contributed by atoms with Gasteiger partial charge in [-0.25, -0.2) is 0 Å². The number of benzene rings is 1. The number of nitriles is 1. The molecule has 0 radical (unpaired) electrons. The van der Waals surface area contributed by atoms with E-state index in [1.54, 1.807) is 0 Å². The molecule has 94 valence electrons. The maximum absolute atomic E-state index is 9.10. The van der Waals surface area contributed by atoms with E-state index in [-0.39, 0.29) is 0 Å². The first-order valence-corrected chi connectivity index (χ1v) is 7.49. The lowest BCUT2D eigenvalue weighted by Crippen LogP contribution is -2.20. The first kappa shape index (κ1) is 12.0. The Kier molecular flexibility index (Phi) is 3.30. The van der Waals surface area contributed by atoms with E-state index < -0.39 is 0 Å². The van der Waals surface area contributed by atoms with Crippen LogP contribution in [0.5, 0.6) is 0 Å². The number of hydrogen-bond donors (Lipinski definition) is 1. The molecule has 18 heavy (non-hydrogen) atoms. The first-order chi connectivity index (χ1) is 8.76. The number of rotatable bonds is 3. The quantitative estimate of drug-likeness (QED) is 0.910. The fourth-order valence-electron chi connectivity index (χ4n) is 3.63. The van der Waals surface area contributed by atoms with Crippen molar-refractivity contribution in [3.63, 3.8) is 0 Å². The molecular formula is C15H17BrN2. The van der Waals surface area contributed by atoms with Crippen LogP contribution in [0.3, 0.4) is 0 Å². The van der Waals surface area contributed by atoms with Crippen molar-refractivity contribution in [2.24, 2.45) is 17.8 Å². The van der Waals surface area contributed by atoms with Gasteiger partial charge in [0.25, 0.3) is 0 Å². The summed E-state index contributed by atoms with van der Waals surface area (Å²) in [5.41, 5.74) is 1.70. The number of nitrogens with one attached hydrogen (secondary N) is 1. The number of hydrogen-bond acceptors (Lipinski definition) is 2. The van der Waals surface area contributed by atoms with Crippen LogP contribution >= 0.6 is 15.9 Å². The topological polar surface area (TPSA) is 35.8 Å². The largest absolute Gasteiger partial charge is 0.384 e. The van der Waals surface area contributed by atoms with E-state index in [1.807, 2.05) is 18.2 Å². The van der Waals surface area contributed by atoms with Crippen LogP contribution in [-0.2, 0) is 0 Å². The Balaban J connectivity index is 1.66. The van der Waals surface area contributed by atoms with Crippen molar-refractivity contribution in [1.82, 2.24) is 0 Å². The van der Waals surface area contributed by atoms with Gasteiger partial charge in [-0.15, -0.1) is 0 Å². The molecule has 3 rings (SSSR count). The Morgan fingerprint density at radius 1 is 1.33 bits per heavy atom. The van der Waals surface area contributed by atoms with E-state index in [0.717, 1.165) is 40.0 Å². The lowest BCUT2D eigenvalue weighted by atomic mass is 9.89. The monoisotopic (exact) mass is 304 g/mol. The molecule has 0 spiro atoms. The van der Waals surface area contributed by atoms with Crippen molar-refractivity contribution in [3.05, 3.63) is 28.2 Å². The van der Waals surface area contributed by atoms with Crippen LogP contribution in [0.1, 0.15) is 31.2 Å². The molecule has 2 fully saturated rings. The summed E-state index contributed by atoms with van der Waals surface area (Å²) >= 11 is 3.46. The molecule has 1 N–H and O–H groups in total. The second-order valence-electron chi connectivity index (χ2n) is 5.62. The smallest absolute Gasteiger partial charge is 0.101 e. The average molecular weight is 305 g/mol. The van der Waals surface area contributed by atoms with Gasteiger partial charge in [0.05, 0.1) is 11.3 Å². The molecule has 3 unspecified atom stereocenters. The van der Waals surface area contributed by atoms with Gasteiger partial charge in [0, 0.05) is 11.0 Å². The van der Waals surface area contributed by atoms with Crippen LogP contribution in [0.15, 0.2) is 22.7 Å². The van der Waals surface area contributed by atoms with Crippen LogP contribution in [0.2, 0.25) is 0 Å². The molecule has 2 nitrogen and oxygen atoms in total. The van der Waals surface area contributed by atoms with E-state index >= 15 is 0 Å². The summed E-state index contributed by atoms with van der Waals surface area (Å²) in [5.74, 6) is 2.73. The highest BCUT2D eigenvalue weighted by molar-refractivity contribution is 9.10. The van der Waals surface area contributed by atoms with Crippen LogP contribution in [-0.4, -0.2) is 6.54 Å². The minimum absolute atomic E-state index is 0.737. The zero-order chi connectivity index (χ0) is 12.5. The molecule has 0 amide bonds. The van der Waals surface area contributed by atoms with Crippen molar-refractivity contribution >= 4 is 21.6 Å². The van der Waals surface area contributed by atoms with Crippen LogP contribution in [0, 0.1) is 29.1 Å². The Morgan fingerprint density at radius 3 is 2.89 bits per heavy atom. The van der Waals surface area contributed by atoms with Gasteiger partial charge in [-0.2, -0.15) is 5.26 Å². The van der Waals surface area contributed by atoms with Crippen molar-refractivity contribution in [2.45, 2.75) is 25.7 Å². The second kappa shape index (κ2) is 4.93. The van der Waals surface area contributed by atoms with Gasteiger partial charge in [0.2, 0.25) is 0 Å². The number of anilines is 1. The van der Waals surface area contributed by atoms with E-state index in [2.05, 4.69) is 27.3 Å². The summed E-state index contributed by atoms with van der Waals surface area (Å²) in [4.78, 5) is 0. The predicted molar refractivity (Wildman–Crippen MR) is 76.3 cm³/mol. The zero-order valence-corrected chi connectivity index (χ0v) is 11.9. The van der Waals surface area contributed by atoms with Gasteiger partial charge in [0.1, 0.15) is 6.07 Å². The third-order valence-corrected chi connectivity index (χ3v) is 5.03. The van der Waals surface area contributed by atoms with Crippen LogP contribution < -0.4 is 5.32 Å². The summed E-state index contributed by atoms with van der Waals surface area (Å²) in [7, 11) is 0. The predicted octanol–water partition coefficient (Wildman–Crippen LogP) is 4.17. The molecule has 1 aromatic rings. The van der Waals surface area contributed by atoms with Crippen molar-refractivity contribution in [1.29, 1.82) is 5.26 Å². The normalized spacial score (nSPS) is 29.2. The summed E-state index contributed by atoms with van der Waals surface area (Å²) in [6.45, 7) is 1.02. The van der Waals surface area contributed by atoms with E-state index in [0.29, 0.717) is 0 Å². The lowest BCUT2D eigenvalue weighted by molar-refractivity contribution is 0.348. The SMILES string of the molecule is N#Cc1ccc(Br)cc1NCC1CC2CCC1C2. The van der Waals surface area contributed by atoms with E-state index in [9.17, 15) is 0 Å². The fraction of sp³-hybridized carbons (Fsp3) is 0.533. The van der Waals surface area contributed by atoms with Crippen molar-refractivity contribution in [3.8, 4) is 6.07 Å². The average Bonchev–Trinajstić information content (AvgIpc) is 2.98. The molecule has 0 saturated heterocycles. The van der Waals surface area contributed by atoms with Gasteiger partial charge in [-0.3, -0.25) is 0 Å². The molecule has 2 aliphatic carbocycles. The lowest BCUT2D eigenvalue weighted by Gasteiger charge is -2.22. The maximum Gasteiger partial charge on any atom is 0.101 e. The summed E-state index contributed by atoms with van der Waals surface area (Å²) in [6.07, 6.45) is 5.69. The minimum Gasteiger partial charge on any atom is -0.384 e. The fourth-order valence-corrected chi connectivity index (χ4v) is 3.99. The van der Waals surface area contributed by atoms with Crippen LogP contribution in [0.25, 0.3) is 0 Å². The van der Waals surface area contributed by atoms with Crippen LogP contribution in [0.4, 0.5) is 5.69 Å². The zero-order valence-electron chi connectivity index (χ0n) is 10.3. The highest BCUT2D eigenvalue weighted by Gasteiger charge is 2.39. The Labute approximate surface area is 117 Å². The molecule has 0 heterocycles. The first-order valence-electron chi connectivity index (χ1n) is 6.70. The maximum atomic E-state index is 9.10. The Morgan fingerprint density at radius 2 is 2.22 bits per heavy atom. The molecule has 0 aliphatic heterocycles. The van der Waals surface area contributed by atoms with Gasteiger partial charge in [-0.1, -0.05) is 22.4 Å². The number of nitrogens with zero attached hydrogens (tertiary/aromatic N) is 1. The number of fused-ring (bicyclic) bond motifs is 2. The molecule has 1 aromatic carbocycles. The highest BCUT2D eigenvalue weighted by atomic mass is 79.9. The molecule has 0 aromatic heterocycles.